The lowest BCUT2D eigenvalue weighted by molar-refractivity contribution is 0.251. The van der Waals surface area contributed by atoms with Crippen molar-refractivity contribution < 1.29 is 9.47 Å². The molecule has 1 aromatic carbocycles. The van der Waals surface area contributed by atoms with E-state index in [9.17, 15) is 0 Å². The molecular weight excluding hydrogens is 240 g/mol. The third-order valence-electron chi connectivity index (χ3n) is 3.84. The highest BCUT2D eigenvalue weighted by atomic mass is 16.5. The summed E-state index contributed by atoms with van der Waals surface area (Å²) in [4.78, 5) is 2.47. The Kier molecular flexibility index (Phi) is 3.89. The predicted molar refractivity (Wildman–Crippen MR) is 74.7 cm³/mol. The molecule has 0 saturated heterocycles. The van der Waals surface area contributed by atoms with Gasteiger partial charge in [-0.15, -0.1) is 0 Å². The molecule has 104 valence electrons. The van der Waals surface area contributed by atoms with Gasteiger partial charge < -0.3 is 15.2 Å². The molecular formula is C15H22N2O2. The number of hydrogen-bond donors (Lipinski definition) is 1. The Morgan fingerprint density at radius 3 is 2.58 bits per heavy atom. The van der Waals surface area contributed by atoms with Crippen LogP contribution in [0.2, 0.25) is 0 Å². The minimum atomic E-state index is 0.753. The predicted octanol–water partition coefficient (Wildman–Crippen LogP) is 1.55. The molecule has 4 heteroatoms. The van der Waals surface area contributed by atoms with E-state index in [4.69, 9.17) is 15.2 Å². The van der Waals surface area contributed by atoms with Gasteiger partial charge in [0.1, 0.15) is 0 Å². The van der Waals surface area contributed by atoms with Gasteiger partial charge in [-0.25, -0.2) is 0 Å². The highest BCUT2D eigenvalue weighted by Gasteiger charge is 2.20. The smallest absolute Gasteiger partial charge is 0.161 e. The topological polar surface area (TPSA) is 47.7 Å². The van der Waals surface area contributed by atoms with Crippen LogP contribution in [0, 0.1) is 0 Å². The second kappa shape index (κ2) is 5.80. The van der Waals surface area contributed by atoms with Crippen molar-refractivity contribution in [2.24, 2.45) is 5.73 Å². The van der Waals surface area contributed by atoms with E-state index in [-0.39, 0.29) is 0 Å². The van der Waals surface area contributed by atoms with Gasteiger partial charge in [-0.3, -0.25) is 4.90 Å². The molecule has 0 amide bonds. The number of nitrogens with two attached hydrogens (primary N) is 1. The van der Waals surface area contributed by atoms with Crippen LogP contribution >= 0.6 is 0 Å². The van der Waals surface area contributed by atoms with Crippen LogP contribution in [0.25, 0.3) is 0 Å². The Hall–Kier alpha value is -1.26. The second-order valence-corrected chi connectivity index (χ2v) is 5.29. The monoisotopic (exact) mass is 262 g/mol. The maximum atomic E-state index is 5.77. The van der Waals surface area contributed by atoms with Gasteiger partial charge in [0.2, 0.25) is 0 Å². The molecule has 0 aliphatic carbocycles. The fourth-order valence-corrected chi connectivity index (χ4v) is 2.78. The van der Waals surface area contributed by atoms with E-state index < -0.39 is 0 Å². The summed E-state index contributed by atoms with van der Waals surface area (Å²) in [6.45, 7) is 5.49. The van der Waals surface area contributed by atoms with E-state index in [0.29, 0.717) is 0 Å². The van der Waals surface area contributed by atoms with Crippen LogP contribution in [0.5, 0.6) is 11.5 Å². The molecule has 2 aliphatic rings. The highest BCUT2D eigenvalue weighted by molar-refractivity contribution is 5.48. The first-order valence-corrected chi connectivity index (χ1v) is 7.20. The Labute approximate surface area is 114 Å². The van der Waals surface area contributed by atoms with Gasteiger partial charge in [0.25, 0.3) is 0 Å². The van der Waals surface area contributed by atoms with Crippen LogP contribution in [0.1, 0.15) is 24.0 Å². The van der Waals surface area contributed by atoms with Gasteiger partial charge in [-0.2, -0.15) is 0 Å². The third-order valence-corrected chi connectivity index (χ3v) is 3.84. The average Bonchev–Trinajstić information content (AvgIpc) is 2.67. The lowest BCUT2D eigenvalue weighted by Gasteiger charge is -2.29. The first-order valence-electron chi connectivity index (χ1n) is 7.20. The van der Waals surface area contributed by atoms with Crippen molar-refractivity contribution in [3.05, 3.63) is 23.3 Å². The van der Waals surface area contributed by atoms with Crippen molar-refractivity contribution in [1.82, 2.24) is 4.90 Å². The van der Waals surface area contributed by atoms with E-state index in [2.05, 4.69) is 17.0 Å². The molecule has 0 spiro atoms. The van der Waals surface area contributed by atoms with Crippen molar-refractivity contribution >= 4 is 0 Å². The zero-order valence-electron chi connectivity index (χ0n) is 11.4. The fraction of sp³-hybridized carbons (Fsp3) is 0.600. The molecule has 3 rings (SSSR count). The number of hydrogen-bond acceptors (Lipinski definition) is 4. The van der Waals surface area contributed by atoms with Crippen molar-refractivity contribution in [2.45, 2.75) is 25.8 Å². The van der Waals surface area contributed by atoms with Crippen LogP contribution in [0.15, 0.2) is 12.1 Å². The number of rotatable bonds is 3. The third kappa shape index (κ3) is 2.85. The molecule has 0 radical (unpaired) electrons. The molecule has 0 unspecified atom stereocenters. The summed E-state index contributed by atoms with van der Waals surface area (Å²) in [6, 6.07) is 4.35. The van der Waals surface area contributed by atoms with Crippen LogP contribution in [0.4, 0.5) is 0 Å². The average molecular weight is 262 g/mol. The molecule has 4 nitrogen and oxygen atoms in total. The van der Waals surface area contributed by atoms with E-state index in [1.165, 1.54) is 11.1 Å². The minimum Gasteiger partial charge on any atom is -0.490 e. The lowest BCUT2D eigenvalue weighted by atomic mass is 9.98. The van der Waals surface area contributed by atoms with Gasteiger partial charge in [-0.05, 0) is 49.2 Å². The first kappa shape index (κ1) is 12.8. The van der Waals surface area contributed by atoms with E-state index in [1.807, 2.05) is 0 Å². The summed E-state index contributed by atoms with van der Waals surface area (Å²) in [5.74, 6) is 1.84. The largest absolute Gasteiger partial charge is 0.490 e. The molecule has 2 N–H and O–H groups in total. The summed E-state index contributed by atoms with van der Waals surface area (Å²) in [5.41, 5.74) is 8.38. The van der Waals surface area contributed by atoms with Crippen molar-refractivity contribution in [2.75, 3.05) is 32.8 Å². The molecule has 2 heterocycles. The van der Waals surface area contributed by atoms with Gasteiger partial charge in [0, 0.05) is 19.5 Å². The molecule has 0 aromatic heterocycles. The SMILES string of the molecule is NCCCN1CCc2cc3c(cc2C1)OCCCO3. The molecule has 19 heavy (non-hydrogen) atoms. The Bertz CT molecular complexity index is 448. The minimum absolute atomic E-state index is 0.753. The Balaban J connectivity index is 1.79. The first-order chi connectivity index (χ1) is 9.36. The summed E-state index contributed by atoms with van der Waals surface area (Å²) >= 11 is 0. The zero-order chi connectivity index (χ0) is 13.1. The van der Waals surface area contributed by atoms with Crippen molar-refractivity contribution in [3.63, 3.8) is 0 Å². The fourth-order valence-electron chi connectivity index (χ4n) is 2.78. The van der Waals surface area contributed by atoms with Gasteiger partial charge in [0.15, 0.2) is 11.5 Å². The van der Waals surface area contributed by atoms with E-state index in [0.717, 1.165) is 70.2 Å². The maximum Gasteiger partial charge on any atom is 0.161 e. The van der Waals surface area contributed by atoms with Crippen molar-refractivity contribution in [1.29, 1.82) is 0 Å². The number of ether oxygens (including phenoxy) is 2. The standard InChI is InChI=1S/C15H22N2O2/c16-4-1-5-17-6-3-12-9-14-15(10-13(12)11-17)19-8-2-7-18-14/h9-10H,1-8,11,16H2. The van der Waals surface area contributed by atoms with E-state index in [1.54, 1.807) is 0 Å². The summed E-state index contributed by atoms with van der Waals surface area (Å²) in [7, 11) is 0. The van der Waals surface area contributed by atoms with Crippen molar-refractivity contribution in [3.8, 4) is 11.5 Å². The van der Waals surface area contributed by atoms with Gasteiger partial charge >= 0.3 is 0 Å². The Morgan fingerprint density at radius 1 is 1.11 bits per heavy atom. The van der Waals surface area contributed by atoms with Crippen LogP contribution in [0.3, 0.4) is 0 Å². The quantitative estimate of drug-likeness (QED) is 0.898. The second-order valence-electron chi connectivity index (χ2n) is 5.29. The highest BCUT2D eigenvalue weighted by Crippen LogP contribution is 2.35. The maximum absolute atomic E-state index is 5.77. The lowest BCUT2D eigenvalue weighted by Crippen LogP contribution is -2.32. The normalized spacial score (nSPS) is 18.8. The molecule has 0 saturated carbocycles. The van der Waals surface area contributed by atoms with Crippen LogP contribution in [-0.4, -0.2) is 37.7 Å². The number of fused-ring (bicyclic) bond motifs is 2. The van der Waals surface area contributed by atoms with Gasteiger partial charge in [0.05, 0.1) is 13.2 Å². The molecule has 2 aliphatic heterocycles. The van der Waals surface area contributed by atoms with Crippen LogP contribution in [-0.2, 0) is 13.0 Å². The van der Waals surface area contributed by atoms with Crippen LogP contribution < -0.4 is 15.2 Å². The molecule has 1 aromatic rings. The molecule has 0 atom stereocenters. The molecule has 0 bridgehead atoms. The zero-order valence-corrected chi connectivity index (χ0v) is 11.4. The summed E-state index contributed by atoms with van der Waals surface area (Å²) in [5, 5.41) is 0. The van der Waals surface area contributed by atoms with Gasteiger partial charge in [-0.1, -0.05) is 0 Å². The number of benzene rings is 1. The number of nitrogens with zero attached hydrogens (tertiary/aromatic N) is 1. The van der Waals surface area contributed by atoms with E-state index >= 15 is 0 Å². The summed E-state index contributed by atoms with van der Waals surface area (Å²) < 4.78 is 11.5. The molecule has 0 fully saturated rings. The summed E-state index contributed by atoms with van der Waals surface area (Å²) in [6.07, 6.45) is 3.12. The Morgan fingerprint density at radius 2 is 1.84 bits per heavy atom.